The van der Waals surface area contributed by atoms with Gasteiger partial charge in [0.2, 0.25) is 0 Å². The van der Waals surface area contributed by atoms with E-state index >= 15 is 0 Å². The zero-order valence-electron chi connectivity index (χ0n) is 9.78. The van der Waals surface area contributed by atoms with Gasteiger partial charge in [0.05, 0.1) is 7.11 Å². The highest BCUT2D eigenvalue weighted by Gasteiger charge is 2.21. The van der Waals surface area contributed by atoms with Crippen LogP contribution in [0.5, 0.6) is 0 Å². The maximum atomic E-state index is 13.1. The molecule has 0 aliphatic rings. The summed E-state index contributed by atoms with van der Waals surface area (Å²) in [5.41, 5.74) is 1.09. The molecule has 4 nitrogen and oxygen atoms in total. The molecule has 0 radical (unpaired) electrons. The lowest BCUT2D eigenvalue weighted by atomic mass is 10.1. The van der Waals surface area contributed by atoms with Crippen molar-refractivity contribution in [2.75, 3.05) is 14.2 Å². The molecule has 2 rings (SSSR count). The summed E-state index contributed by atoms with van der Waals surface area (Å²) < 4.78 is 18.5. The lowest BCUT2D eigenvalue weighted by molar-refractivity contribution is -0.0773. The third kappa shape index (κ3) is 1.89. The first-order valence-corrected chi connectivity index (χ1v) is 5.05. The van der Waals surface area contributed by atoms with E-state index in [0.717, 1.165) is 5.06 Å². The van der Waals surface area contributed by atoms with Crippen molar-refractivity contribution in [3.63, 3.8) is 0 Å². The molecule has 5 heteroatoms. The molecule has 0 unspecified atom stereocenters. The summed E-state index contributed by atoms with van der Waals surface area (Å²) in [6.45, 7) is 1.71. The average Bonchev–Trinajstić information content (AvgIpc) is 2.65. The Morgan fingerprint density at radius 2 is 2.18 bits per heavy atom. The predicted molar refractivity (Wildman–Crippen MR) is 60.0 cm³/mol. The van der Waals surface area contributed by atoms with Crippen molar-refractivity contribution in [2.24, 2.45) is 0 Å². The molecule has 0 spiro atoms. The van der Waals surface area contributed by atoms with Gasteiger partial charge >= 0.3 is 5.91 Å². The molecule has 0 aliphatic carbocycles. The molecule has 17 heavy (non-hydrogen) atoms. The third-order valence-electron chi connectivity index (χ3n) is 2.65. The molecule has 0 saturated heterocycles. The molecule has 1 aromatic heterocycles. The molecule has 0 fully saturated rings. The molecular formula is C12H12FNO3. The van der Waals surface area contributed by atoms with Crippen molar-refractivity contribution in [2.45, 2.75) is 6.92 Å². The van der Waals surface area contributed by atoms with Gasteiger partial charge in [-0.3, -0.25) is 9.63 Å². The highest BCUT2D eigenvalue weighted by Crippen LogP contribution is 2.26. The van der Waals surface area contributed by atoms with Crippen LogP contribution in [0, 0.1) is 12.7 Å². The highest BCUT2D eigenvalue weighted by atomic mass is 19.1. The Hall–Kier alpha value is -1.88. The fourth-order valence-electron chi connectivity index (χ4n) is 1.62. The normalized spacial score (nSPS) is 10.8. The van der Waals surface area contributed by atoms with E-state index in [1.54, 1.807) is 6.92 Å². The van der Waals surface area contributed by atoms with Crippen LogP contribution in [0.1, 0.15) is 16.1 Å². The maximum absolute atomic E-state index is 13.1. The molecule has 1 amide bonds. The smallest absolute Gasteiger partial charge is 0.313 e. The van der Waals surface area contributed by atoms with E-state index in [9.17, 15) is 9.18 Å². The zero-order chi connectivity index (χ0) is 12.6. The van der Waals surface area contributed by atoms with Crippen LogP contribution >= 0.6 is 0 Å². The standard InChI is InChI=1S/C12H12FNO3/c1-7-9-6-8(13)4-5-10(9)17-11(7)12(15)14(2)16-3/h4-6H,1-3H3. The zero-order valence-corrected chi connectivity index (χ0v) is 9.78. The van der Waals surface area contributed by atoms with Gasteiger partial charge in [0.1, 0.15) is 11.4 Å². The Morgan fingerprint density at radius 1 is 1.47 bits per heavy atom. The van der Waals surface area contributed by atoms with Crippen LogP contribution in [-0.4, -0.2) is 25.1 Å². The number of carbonyl (C=O) groups is 1. The molecule has 0 aliphatic heterocycles. The Balaban J connectivity index is 2.56. The van der Waals surface area contributed by atoms with Crippen LogP contribution in [0.3, 0.4) is 0 Å². The topological polar surface area (TPSA) is 42.7 Å². The number of hydrogen-bond donors (Lipinski definition) is 0. The van der Waals surface area contributed by atoms with Gasteiger partial charge in [-0.05, 0) is 25.1 Å². The van der Waals surface area contributed by atoms with Crippen LogP contribution in [-0.2, 0) is 4.84 Å². The van der Waals surface area contributed by atoms with E-state index in [4.69, 9.17) is 9.25 Å². The summed E-state index contributed by atoms with van der Waals surface area (Å²) in [4.78, 5) is 16.7. The Morgan fingerprint density at radius 3 is 2.82 bits per heavy atom. The molecule has 0 bridgehead atoms. The van der Waals surface area contributed by atoms with Crippen molar-refractivity contribution < 1.29 is 18.4 Å². The van der Waals surface area contributed by atoms with Gasteiger partial charge in [-0.15, -0.1) is 0 Å². The number of nitrogens with zero attached hydrogens (tertiary/aromatic N) is 1. The van der Waals surface area contributed by atoms with Crippen molar-refractivity contribution in [1.29, 1.82) is 0 Å². The van der Waals surface area contributed by atoms with Gasteiger partial charge in [-0.1, -0.05) is 0 Å². The van der Waals surface area contributed by atoms with Crippen LogP contribution in [0.4, 0.5) is 4.39 Å². The summed E-state index contributed by atoms with van der Waals surface area (Å²) in [5.74, 6) is -0.600. The molecule has 0 N–H and O–H groups in total. The number of rotatable bonds is 2. The molecule has 2 aromatic rings. The maximum Gasteiger partial charge on any atom is 0.313 e. The monoisotopic (exact) mass is 237 g/mol. The number of furan rings is 1. The first-order valence-electron chi connectivity index (χ1n) is 5.05. The Labute approximate surface area is 97.5 Å². The number of benzene rings is 1. The minimum atomic E-state index is -0.401. The molecule has 0 atom stereocenters. The number of halogens is 1. The van der Waals surface area contributed by atoms with E-state index in [1.807, 2.05) is 0 Å². The van der Waals surface area contributed by atoms with E-state index < -0.39 is 5.91 Å². The highest BCUT2D eigenvalue weighted by molar-refractivity contribution is 5.98. The van der Waals surface area contributed by atoms with Gasteiger partial charge in [-0.2, -0.15) is 0 Å². The van der Waals surface area contributed by atoms with Gasteiger partial charge < -0.3 is 4.42 Å². The molecule has 90 valence electrons. The summed E-state index contributed by atoms with van der Waals surface area (Å²) in [6, 6.07) is 4.14. The number of amides is 1. The van der Waals surface area contributed by atoms with Crippen LogP contribution in [0.2, 0.25) is 0 Å². The predicted octanol–water partition coefficient (Wildman–Crippen LogP) is 2.51. The number of aryl methyl sites for hydroxylation is 1. The van der Waals surface area contributed by atoms with Gasteiger partial charge in [0.15, 0.2) is 5.76 Å². The van der Waals surface area contributed by atoms with Crippen molar-refractivity contribution in [3.05, 3.63) is 35.3 Å². The van der Waals surface area contributed by atoms with Gasteiger partial charge in [-0.25, -0.2) is 9.45 Å². The lowest BCUT2D eigenvalue weighted by Crippen LogP contribution is -2.25. The minimum absolute atomic E-state index is 0.162. The fourth-order valence-corrected chi connectivity index (χ4v) is 1.62. The van der Waals surface area contributed by atoms with Gasteiger partial charge in [0.25, 0.3) is 0 Å². The minimum Gasteiger partial charge on any atom is -0.451 e. The average molecular weight is 237 g/mol. The van der Waals surface area contributed by atoms with E-state index in [1.165, 1.54) is 32.4 Å². The van der Waals surface area contributed by atoms with Crippen LogP contribution in [0.15, 0.2) is 22.6 Å². The van der Waals surface area contributed by atoms with E-state index in [0.29, 0.717) is 16.5 Å². The summed E-state index contributed by atoms with van der Waals surface area (Å²) in [7, 11) is 2.87. The van der Waals surface area contributed by atoms with E-state index in [2.05, 4.69) is 0 Å². The van der Waals surface area contributed by atoms with Gasteiger partial charge in [0, 0.05) is 18.0 Å². The third-order valence-corrected chi connectivity index (χ3v) is 2.65. The van der Waals surface area contributed by atoms with Crippen LogP contribution < -0.4 is 0 Å². The van der Waals surface area contributed by atoms with Crippen molar-refractivity contribution in [1.82, 2.24) is 5.06 Å². The molecular weight excluding hydrogens is 225 g/mol. The second-order valence-corrected chi connectivity index (χ2v) is 3.68. The largest absolute Gasteiger partial charge is 0.451 e. The van der Waals surface area contributed by atoms with E-state index in [-0.39, 0.29) is 11.6 Å². The number of hydrogen-bond acceptors (Lipinski definition) is 3. The quantitative estimate of drug-likeness (QED) is 0.754. The van der Waals surface area contributed by atoms with Crippen molar-refractivity contribution in [3.8, 4) is 0 Å². The fraction of sp³-hybridized carbons (Fsp3) is 0.250. The Bertz CT molecular complexity index is 576. The molecule has 1 aromatic carbocycles. The number of fused-ring (bicyclic) bond motifs is 1. The van der Waals surface area contributed by atoms with Crippen LogP contribution in [0.25, 0.3) is 11.0 Å². The SMILES string of the molecule is CON(C)C(=O)c1oc2ccc(F)cc2c1C. The number of carbonyl (C=O) groups excluding carboxylic acids is 1. The summed E-state index contributed by atoms with van der Waals surface area (Å²) >= 11 is 0. The lowest BCUT2D eigenvalue weighted by Gasteiger charge is -2.11. The summed E-state index contributed by atoms with van der Waals surface area (Å²) in [5, 5.41) is 1.65. The second-order valence-electron chi connectivity index (χ2n) is 3.68. The first kappa shape index (κ1) is 11.6. The Kier molecular flexibility index (Phi) is 2.85. The van der Waals surface area contributed by atoms with Crippen molar-refractivity contribution >= 4 is 16.9 Å². The second kappa shape index (κ2) is 4.18. The molecule has 1 heterocycles. The molecule has 0 saturated carbocycles. The number of hydroxylamine groups is 2. The summed E-state index contributed by atoms with van der Waals surface area (Å²) in [6.07, 6.45) is 0. The first-order chi connectivity index (χ1) is 8.04.